The van der Waals surface area contributed by atoms with E-state index < -0.39 is 0 Å². The minimum Gasteiger partial charge on any atom is -0.326 e. The van der Waals surface area contributed by atoms with Gasteiger partial charge in [-0.05, 0) is 37.0 Å². The summed E-state index contributed by atoms with van der Waals surface area (Å²) < 4.78 is 0. The average molecular weight is 302 g/mol. The first-order valence-electron chi connectivity index (χ1n) is 8.23. The molecule has 0 aromatic heterocycles. The summed E-state index contributed by atoms with van der Waals surface area (Å²) in [6.45, 7) is 3.39. The zero-order valence-electron chi connectivity index (χ0n) is 13.6. The standard InChI is InChI=1S/C18H26N2O2/c1-13-16(19-14(2)21)9-6-10-17(13)20-18(22)12-11-15-7-4-3-5-8-15/h6,9-10,15H,3-5,7-8,11-12H2,1-2H3,(H,19,21)(H,20,22). The summed E-state index contributed by atoms with van der Waals surface area (Å²) in [7, 11) is 0. The van der Waals surface area contributed by atoms with Crippen LogP contribution in [0, 0.1) is 12.8 Å². The van der Waals surface area contributed by atoms with E-state index in [9.17, 15) is 9.59 Å². The van der Waals surface area contributed by atoms with Crippen LogP contribution in [0.25, 0.3) is 0 Å². The number of nitrogens with one attached hydrogen (secondary N) is 2. The Morgan fingerprint density at radius 1 is 1.09 bits per heavy atom. The van der Waals surface area contributed by atoms with E-state index in [-0.39, 0.29) is 11.8 Å². The van der Waals surface area contributed by atoms with E-state index in [4.69, 9.17) is 0 Å². The molecule has 1 aromatic rings. The van der Waals surface area contributed by atoms with Crippen LogP contribution in [-0.2, 0) is 9.59 Å². The third-order valence-corrected chi connectivity index (χ3v) is 4.42. The van der Waals surface area contributed by atoms with Crippen LogP contribution in [0.5, 0.6) is 0 Å². The summed E-state index contributed by atoms with van der Waals surface area (Å²) in [4.78, 5) is 23.3. The molecule has 1 aliphatic rings. The number of hydrogen-bond acceptors (Lipinski definition) is 2. The number of hydrogen-bond donors (Lipinski definition) is 2. The molecule has 1 aliphatic carbocycles. The van der Waals surface area contributed by atoms with Gasteiger partial charge < -0.3 is 10.6 Å². The number of anilines is 2. The predicted octanol–water partition coefficient (Wildman–Crippen LogP) is 4.25. The summed E-state index contributed by atoms with van der Waals surface area (Å²) in [5.74, 6) is 0.670. The molecule has 0 bridgehead atoms. The third kappa shape index (κ3) is 4.86. The topological polar surface area (TPSA) is 58.2 Å². The van der Waals surface area contributed by atoms with Gasteiger partial charge in [-0.3, -0.25) is 9.59 Å². The Morgan fingerprint density at radius 3 is 2.36 bits per heavy atom. The molecule has 0 heterocycles. The first kappa shape index (κ1) is 16.5. The molecule has 0 atom stereocenters. The van der Waals surface area contributed by atoms with Crippen molar-refractivity contribution < 1.29 is 9.59 Å². The Labute approximate surface area is 132 Å². The molecule has 0 spiro atoms. The van der Waals surface area contributed by atoms with Crippen molar-refractivity contribution in [1.29, 1.82) is 0 Å². The highest BCUT2D eigenvalue weighted by Gasteiger charge is 2.15. The number of rotatable bonds is 5. The van der Waals surface area contributed by atoms with E-state index in [2.05, 4.69) is 10.6 Å². The quantitative estimate of drug-likeness (QED) is 0.854. The molecular formula is C18H26N2O2. The van der Waals surface area contributed by atoms with Crippen molar-refractivity contribution in [2.45, 2.75) is 58.8 Å². The molecule has 22 heavy (non-hydrogen) atoms. The first-order chi connectivity index (χ1) is 10.6. The van der Waals surface area contributed by atoms with Gasteiger partial charge >= 0.3 is 0 Å². The van der Waals surface area contributed by atoms with Gasteiger partial charge in [0.15, 0.2) is 0 Å². The minimum absolute atomic E-state index is 0.0636. The molecular weight excluding hydrogens is 276 g/mol. The van der Waals surface area contributed by atoms with Crippen molar-refractivity contribution in [3.8, 4) is 0 Å². The fraction of sp³-hybridized carbons (Fsp3) is 0.556. The lowest BCUT2D eigenvalue weighted by Crippen LogP contribution is -2.16. The van der Waals surface area contributed by atoms with E-state index >= 15 is 0 Å². The van der Waals surface area contributed by atoms with Crippen LogP contribution < -0.4 is 10.6 Å². The maximum Gasteiger partial charge on any atom is 0.224 e. The lowest BCUT2D eigenvalue weighted by molar-refractivity contribution is -0.116. The fourth-order valence-electron chi connectivity index (χ4n) is 3.12. The third-order valence-electron chi connectivity index (χ3n) is 4.42. The second-order valence-electron chi connectivity index (χ2n) is 6.25. The van der Waals surface area contributed by atoms with E-state index in [1.807, 2.05) is 25.1 Å². The monoisotopic (exact) mass is 302 g/mol. The summed E-state index contributed by atoms with van der Waals surface area (Å²) in [5.41, 5.74) is 2.42. The second-order valence-corrected chi connectivity index (χ2v) is 6.25. The lowest BCUT2D eigenvalue weighted by Gasteiger charge is -2.21. The number of benzene rings is 1. The Hall–Kier alpha value is -1.84. The number of amides is 2. The molecule has 0 radical (unpaired) electrons. The van der Waals surface area contributed by atoms with Crippen molar-refractivity contribution in [3.05, 3.63) is 23.8 Å². The van der Waals surface area contributed by atoms with Crippen molar-refractivity contribution in [1.82, 2.24) is 0 Å². The van der Waals surface area contributed by atoms with Crippen LogP contribution in [-0.4, -0.2) is 11.8 Å². The van der Waals surface area contributed by atoms with Gasteiger partial charge in [0.25, 0.3) is 0 Å². The van der Waals surface area contributed by atoms with Crippen LogP contribution in [0.15, 0.2) is 18.2 Å². The zero-order chi connectivity index (χ0) is 15.9. The van der Waals surface area contributed by atoms with Crippen LogP contribution in [0.1, 0.15) is 57.4 Å². The van der Waals surface area contributed by atoms with Crippen molar-refractivity contribution >= 4 is 23.2 Å². The smallest absolute Gasteiger partial charge is 0.224 e. The van der Waals surface area contributed by atoms with E-state index in [1.165, 1.54) is 39.0 Å². The second kappa shape index (κ2) is 7.97. The van der Waals surface area contributed by atoms with E-state index in [0.717, 1.165) is 23.4 Å². The van der Waals surface area contributed by atoms with E-state index in [1.54, 1.807) is 0 Å². The molecule has 0 saturated heterocycles. The molecule has 4 nitrogen and oxygen atoms in total. The number of carbonyl (C=O) groups is 2. The van der Waals surface area contributed by atoms with Gasteiger partial charge in [-0.15, -0.1) is 0 Å². The molecule has 0 unspecified atom stereocenters. The van der Waals surface area contributed by atoms with Gasteiger partial charge in [0, 0.05) is 24.7 Å². The molecule has 2 N–H and O–H groups in total. The fourth-order valence-corrected chi connectivity index (χ4v) is 3.12. The van der Waals surface area contributed by atoms with Gasteiger partial charge in [0.1, 0.15) is 0 Å². The van der Waals surface area contributed by atoms with Crippen molar-refractivity contribution in [2.75, 3.05) is 10.6 Å². The van der Waals surface area contributed by atoms with Gasteiger partial charge in [-0.2, -0.15) is 0 Å². The molecule has 0 aliphatic heterocycles. The maximum atomic E-state index is 12.1. The predicted molar refractivity (Wildman–Crippen MR) is 89.9 cm³/mol. The molecule has 1 aromatic carbocycles. The lowest BCUT2D eigenvalue weighted by atomic mass is 9.86. The SMILES string of the molecule is CC(=O)Nc1cccc(NC(=O)CCC2CCCCC2)c1C. The summed E-state index contributed by atoms with van der Waals surface area (Å²) in [6.07, 6.45) is 8.06. The molecule has 2 rings (SSSR count). The van der Waals surface area contributed by atoms with E-state index in [0.29, 0.717) is 12.3 Å². The molecule has 1 fully saturated rings. The minimum atomic E-state index is -0.108. The number of carbonyl (C=O) groups excluding carboxylic acids is 2. The molecule has 1 saturated carbocycles. The van der Waals surface area contributed by atoms with Gasteiger partial charge in [0.05, 0.1) is 0 Å². The molecule has 4 heteroatoms. The Bertz CT molecular complexity index is 534. The van der Waals surface area contributed by atoms with Gasteiger partial charge in [0.2, 0.25) is 11.8 Å². The Kier molecular flexibility index (Phi) is 5.99. The Morgan fingerprint density at radius 2 is 1.73 bits per heavy atom. The largest absolute Gasteiger partial charge is 0.326 e. The average Bonchev–Trinajstić information content (AvgIpc) is 2.50. The highest BCUT2D eigenvalue weighted by molar-refractivity contribution is 5.95. The van der Waals surface area contributed by atoms with Gasteiger partial charge in [-0.1, -0.05) is 38.2 Å². The first-order valence-corrected chi connectivity index (χ1v) is 8.23. The zero-order valence-corrected chi connectivity index (χ0v) is 13.6. The maximum absolute atomic E-state index is 12.1. The summed E-state index contributed by atoms with van der Waals surface area (Å²) in [5, 5.41) is 5.75. The van der Waals surface area contributed by atoms with Crippen LogP contribution in [0.4, 0.5) is 11.4 Å². The molecule has 2 amide bonds. The normalized spacial score (nSPS) is 15.4. The molecule has 120 valence electrons. The van der Waals surface area contributed by atoms with Crippen LogP contribution in [0.3, 0.4) is 0 Å². The summed E-state index contributed by atoms with van der Waals surface area (Å²) in [6, 6.07) is 5.56. The van der Waals surface area contributed by atoms with Crippen LogP contribution in [0.2, 0.25) is 0 Å². The Balaban J connectivity index is 1.89. The van der Waals surface area contributed by atoms with Crippen molar-refractivity contribution in [2.24, 2.45) is 5.92 Å². The summed E-state index contributed by atoms with van der Waals surface area (Å²) >= 11 is 0. The van der Waals surface area contributed by atoms with Crippen LogP contribution >= 0.6 is 0 Å². The highest BCUT2D eigenvalue weighted by atomic mass is 16.2. The van der Waals surface area contributed by atoms with Gasteiger partial charge in [-0.25, -0.2) is 0 Å². The highest BCUT2D eigenvalue weighted by Crippen LogP contribution is 2.28. The van der Waals surface area contributed by atoms with Crippen molar-refractivity contribution in [3.63, 3.8) is 0 Å².